The Morgan fingerprint density at radius 3 is 2.25 bits per heavy atom. The summed E-state index contributed by atoms with van der Waals surface area (Å²) >= 11 is 0. The second-order valence-electron chi connectivity index (χ2n) is 12.3. The molecule has 8 nitrogen and oxygen atoms in total. The van der Waals surface area contributed by atoms with Crippen molar-refractivity contribution in [3.8, 4) is 34.3 Å². The number of piperidine rings is 1. The third kappa shape index (κ3) is 8.68. The van der Waals surface area contributed by atoms with Gasteiger partial charge in [-0.2, -0.15) is 4.98 Å². The summed E-state index contributed by atoms with van der Waals surface area (Å²) in [4.78, 5) is 18.5. The van der Waals surface area contributed by atoms with Crippen LogP contribution in [-0.2, 0) is 11.3 Å². The fraction of sp³-hybridized carbons (Fsp3) is 0.469. The van der Waals surface area contributed by atoms with Crippen molar-refractivity contribution >= 4 is 5.97 Å². The minimum atomic E-state index is -0.726. The Morgan fingerprint density at radius 2 is 1.73 bits per heavy atom. The van der Waals surface area contributed by atoms with E-state index in [4.69, 9.17) is 9.26 Å². The molecule has 1 aromatic heterocycles. The third-order valence-electron chi connectivity index (χ3n) is 6.41. The number of carboxylic acids is 1. The van der Waals surface area contributed by atoms with Crippen LogP contribution in [0.3, 0.4) is 0 Å². The zero-order valence-electron chi connectivity index (χ0n) is 24.6. The fourth-order valence-corrected chi connectivity index (χ4v) is 4.40. The Labute approximate surface area is 237 Å². The second-order valence-corrected chi connectivity index (χ2v) is 12.3. The van der Waals surface area contributed by atoms with Gasteiger partial charge in [0.15, 0.2) is 11.5 Å². The van der Waals surface area contributed by atoms with Crippen LogP contribution < -0.4 is 4.74 Å². The molecule has 4 rings (SSSR count). The number of likely N-dealkylation sites (tertiary alicyclic amines) is 1. The lowest BCUT2D eigenvalue weighted by Gasteiger charge is -2.38. The van der Waals surface area contributed by atoms with Gasteiger partial charge in [-0.1, -0.05) is 63.2 Å². The molecule has 2 heterocycles. The number of nitrogens with zero attached hydrogens (tertiary/aromatic N) is 3. The van der Waals surface area contributed by atoms with E-state index < -0.39 is 11.4 Å². The summed E-state index contributed by atoms with van der Waals surface area (Å²) in [6.45, 7) is 18.5. The van der Waals surface area contributed by atoms with Crippen LogP contribution in [0.2, 0.25) is 0 Å². The van der Waals surface area contributed by atoms with Crippen molar-refractivity contribution in [3.63, 3.8) is 0 Å². The van der Waals surface area contributed by atoms with Gasteiger partial charge >= 0.3 is 5.97 Å². The highest BCUT2D eigenvalue weighted by Gasteiger charge is 2.40. The highest BCUT2D eigenvalue weighted by molar-refractivity contribution is 5.75. The first-order valence-corrected chi connectivity index (χ1v) is 13.8. The molecule has 8 heteroatoms. The summed E-state index contributed by atoms with van der Waals surface area (Å²) in [7, 11) is 0. The highest BCUT2D eigenvalue weighted by atomic mass is 16.5. The van der Waals surface area contributed by atoms with Crippen LogP contribution >= 0.6 is 0 Å². The van der Waals surface area contributed by atoms with Crippen molar-refractivity contribution in [1.29, 1.82) is 0 Å². The Morgan fingerprint density at radius 1 is 1.12 bits per heavy atom. The molecule has 0 radical (unpaired) electrons. The van der Waals surface area contributed by atoms with E-state index >= 15 is 0 Å². The number of carboxylic acid groups (broad SMARTS) is 1. The molecule has 3 aromatic rings. The monoisotopic (exact) mass is 549 g/mol. The molecule has 1 aliphatic rings. The van der Waals surface area contributed by atoms with E-state index in [1.807, 2.05) is 38.1 Å². The molecule has 0 atom stereocenters. The Bertz CT molecular complexity index is 1260. The number of phenols is 1. The van der Waals surface area contributed by atoms with Crippen molar-refractivity contribution in [2.75, 3.05) is 13.1 Å². The molecule has 0 saturated carbocycles. The number of hydrogen-bond acceptors (Lipinski definition) is 7. The van der Waals surface area contributed by atoms with E-state index in [0.29, 0.717) is 47.7 Å². The zero-order valence-corrected chi connectivity index (χ0v) is 24.6. The van der Waals surface area contributed by atoms with Gasteiger partial charge in [0.25, 0.3) is 5.89 Å². The fourth-order valence-electron chi connectivity index (χ4n) is 4.40. The van der Waals surface area contributed by atoms with Crippen molar-refractivity contribution < 1.29 is 24.3 Å². The van der Waals surface area contributed by atoms with Crippen LogP contribution in [-0.4, -0.2) is 50.4 Å². The van der Waals surface area contributed by atoms with Gasteiger partial charge in [-0.25, -0.2) is 0 Å². The molecule has 2 N–H and O–H groups in total. The molecule has 0 spiro atoms. The predicted molar refractivity (Wildman–Crippen MR) is 157 cm³/mol. The number of carbonyl (C=O) groups is 1. The summed E-state index contributed by atoms with van der Waals surface area (Å²) in [6.07, 6.45) is 3.42. The molecule has 216 valence electrons. The number of aliphatic carboxylic acids is 1. The predicted octanol–water partition coefficient (Wildman–Crippen LogP) is 7.19. The van der Waals surface area contributed by atoms with Crippen LogP contribution in [0, 0.1) is 10.8 Å². The normalized spacial score (nSPS) is 15.3. The summed E-state index contributed by atoms with van der Waals surface area (Å²) in [5, 5.41) is 24.0. The number of ether oxygens (including phenoxy) is 1. The summed E-state index contributed by atoms with van der Waals surface area (Å²) < 4.78 is 11.0. The van der Waals surface area contributed by atoms with Gasteiger partial charge in [0.2, 0.25) is 5.82 Å². The molecule has 0 unspecified atom stereocenters. The lowest BCUT2D eigenvalue weighted by molar-refractivity contribution is -0.152. The maximum atomic E-state index is 11.8. The SMILES string of the molecule is C=CCC1(C(=O)O)CCN(Cc2ccc(-c3noc(-c4ccc(OC(C)C)c(O)c4)n3)cc2)CC1.CC(C)(C)C. The quantitative estimate of drug-likeness (QED) is 0.270. The smallest absolute Gasteiger partial charge is 0.310 e. The highest BCUT2D eigenvalue weighted by Crippen LogP contribution is 2.36. The Balaban J connectivity index is 0.000000810. The minimum absolute atomic E-state index is 0.0168. The molecule has 0 aliphatic carbocycles. The third-order valence-corrected chi connectivity index (χ3v) is 6.41. The Hall–Kier alpha value is -3.65. The number of allylic oxidation sites excluding steroid dienone is 1. The van der Waals surface area contributed by atoms with E-state index in [0.717, 1.165) is 30.8 Å². The van der Waals surface area contributed by atoms with E-state index in [2.05, 4.69) is 49.3 Å². The summed E-state index contributed by atoms with van der Waals surface area (Å²) in [5.41, 5.74) is 2.38. The maximum Gasteiger partial charge on any atom is 0.310 e. The number of aromatic hydroxyl groups is 1. The van der Waals surface area contributed by atoms with Crippen LogP contribution in [0.15, 0.2) is 59.6 Å². The van der Waals surface area contributed by atoms with Gasteiger partial charge in [0.1, 0.15) is 0 Å². The first kappa shape index (κ1) is 30.9. The molecule has 2 aromatic carbocycles. The average Bonchev–Trinajstić information content (AvgIpc) is 3.36. The van der Waals surface area contributed by atoms with E-state index in [9.17, 15) is 15.0 Å². The second kappa shape index (κ2) is 13.1. The first-order chi connectivity index (χ1) is 18.8. The van der Waals surface area contributed by atoms with Gasteiger partial charge in [0, 0.05) is 17.7 Å². The van der Waals surface area contributed by atoms with Gasteiger partial charge in [-0.15, -0.1) is 6.58 Å². The molecule has 1 fully saturated rings. The molecular weight excluding hydrogens is 506 g/mol. The van der Waals surface area contributed by atoms with Gasteiger partial charge in [-0.05, 0) is 75.4 Å². The van der Waals surface area contributed by atoms with E-state index in [1.54, 1.807) is 24.3 Å². The molecule has 0 bridgehead atoms. The van der Waals surface area contributed by atoms with E-state index in [1.165, 1.54) is 0 Å². The summed E-state index contributed by atoms with van der Waals surface area (Å²) in [6, 6.07) is 12.9. The molecule has 0 amide bonds. The van der Waals surface area contributed by atoms with Gasteiger partial charge in [-0.3, -0.25) is 9.69 Å². The van der Waals surface area contributed by atoms with Crippen LogP contribution in [0.1, 0.15) is 66.4 Å². The number of hydrogen-bond donors (Lipinski definition) is 2. The van der Waals surface area contributed by atoms with Crippen molar-refractivity contribution in [2.24, 2.45) is 10.8 Å². The molecular formula is C32H43N3O5. The van der Waals surface area contributed by atoms with Crippen LogP contribution in [0.25, 0.3) is 22.8 Å². The summed E-state index contributed by atoms with van der Waals surface area (Å²) in [5.74, 6) is 0.466. The van der Waals surface area contributed by atoms with E-state index in [-0.39, 0.29) is 11.9 Å². The topological polar surface area (TPSA) is 109 Å². The molecule has 1 saturated heterocycles. The average molecular weight is 550 g/mol. The number of benzene rings is 2. The largest absolute Gasteiger partial charge is 0.504 e. The minimum Gasteiger partial charge on any atom is -0.504 e. The van der Waals surface area contributed by atoms with Crippen molar-refractivity contribution in [3.05, 3.63) is 60.7 Å². The van der Waals surface area contributed by atoms with Crippen molar-refractivity contribution in [2.45, 2.75) is 73.5 Å². The number of rotatable bonds is 9. The van der Waals surface area contributed by atoms with Crippen LogP contribution in [0.5, 0.6) is 11.5 Å². The van der Waals surface area contributed by atoms with Gasteiger partial charge in [0.05, 0.1) is 11.5 Å². The molecule has 40 heavy (non-hydrogen) atoms. The lowest BCUT2D eigenvalue weighted by atomic mass is 9.75. The zero-order chi connectivity index (χ0) is 29.5. The number of aromatic nitrogens is 2. The molecule has 1 aliphatic heterocycles. The van der Waals surface area contributed by atoms with Gasteiger partial charge < -0.3 is 19.5 Å². The van der Waals surface area contributed by atoms with Crippen molar-refractivity contribution in [1.82, 2.24) is 15.0 Å². The maximum absolute atomic E-state index is 11.8. The van der Waals surface area contributed by atoms with Crippen LogP contribution in [0.4, 0.5) is 0 Å². The Kier molecular flexibility index (Phi) is 10.1. The first-order valence-electron chi connectivity index (χ1n) is 13.8. The number of phenolic OH excluding ortho intramolecular Hbond substituents is 1. The lowest BCUT2D eigenvalue weighted by Crippen LogP contribution is -2.43. The standard InChI is InChI=1S/C27H31N3O5.C5H12/c1-4-11-27(26(32)33)12-14-30(15-13-27)17-19-5-7-20(8-6-19)24-28-25(35-29-24)21-9-10-23(22(31)16-21)34-18(2)3;1-5(2,3)4/h4-10,16,18,31H,1,11-15,17H2,2-3H3,(H,32,33);1-4H3.